The van der Waals surface area contributed by atoms with Gasteiger partial charge in [-0.15, -0.1) is 0 Å². The van der Waals surface area contributed by atoms with Gasteiger partial charge in [0.25, 0.3) is 0 Å². The summed E-state index contributed by atoms with van der Waals surface area (Å²) < 4.78 is 0. The third-order valence-corrected chi connectivity index (χ3v) is 4.69. The van der Waals surface area contributed by atoms with Crippen molar-refractivity contribution in [1.82, 2.24) is 10.6 Å². The fourth-order valence-corrected chi connectivity index (χ4v) is 2.37. The van der Waals surface area contributed by atoms with Gasteiger partial charge in [0.2, 0.25) is 5.91 Å². The zero-order valence-electron chi connectivity index (χ0n) is 13.0. The Labute approximate surface area is 122 Å². The van der Waals surface area contributed by atoms with E-state index in [1.165, 1.54) is 11.1 Å². The van der Waals surface area contributed by atoms with E-state index < -0.39 is 0 Å². The molecule has 1 aliphatic heterocycles. The first-order chi connectivity index (χ1) is 9.42. The van der Waals surface area contributed by atoms with E-state index in [1.54, 1.807) is 0 Å². The molecule has 0 radical (unpaired) electrons. The summed E-state index contributed by atoms with van der Waals surface area (Å²) in [6, 6.07) is 8.22. The number of carbonyl (C=O) groups is 1. The minimum Gasteiger partial charge on any atom is -0.355 e. The van der Waals surface area contributed by atoms with Gasteiger partial charge in [-0.25, -0.2) is 0 Å². The smallest absolute Gasteiger partial charge is 0.228 e. The van der Waals surface area contributed by atoms with Crippen LogP contribution < -0.4 is 10.6 Å². The molecule has 3 nitrogen and oxygen atoms in total. The maximum Gasteiger partial charge on any atom is 0.228 e. The number of benzene rings is 1. The Bertz CT molecular complexity index is 480. The molecule has 0 saturated carbocycles. The Hall–Kier alpha value is -1.35. The van der Waals surface area contributed by atoms with Crippen molar-refractivity contribution in [2.45, 2.75) is 40.2 Å². The second-order valence-electron chi connectivity index (χ2n) is 6.74. The lowest BCUT2D eigenvalue weighted by Gasteiger charge is -2.31. The fourth-order valence-electron chi connectivity index (χ4n) is 2.37. The molecule has 0 fully saturated rings. The summed E-state index contributed by atoms with van der Waals surface area (Å²) in [7, 11) is 0. The quantitative estimate of drug-likeness (QED) is 0.886. The number of hydrogen-bond donors (Lipinski definition) is 2. The molecule has 0 saturated heterocycles. The van der Waals surface area contributed by atoms with Gasteiger partial charge in [0.15, 0.2) is 0 Å². The van der Waals surface area contributed by atoms with Crippen molar-refractivity contribution >= 4 is 5.91 Å². The highest BCUT2D eigenvalue weighted by molar-refractivity contribution is 5.84. The lowest BCUT2D eigenvalue weighted by molar-refractivity contribution is -0.123. The van der Waals surface area contributed by atoms with Crippen molar-refractivity contribution in [2.24, 2.45) is 11.3 Å². The molecular weight excluding hydrogens is 248 g/mol. The summed E-state index contributed by atoms with van der Waals surface area (Å²) >= 11 is 0. The molecule has 20 heavy (non-hydrogen) atoms. The van der Waals surface area contributed by atoms with Gasteiger partial charge in [0.05, 0.1) is 5.92 Å². The minimum atomic E-state index is -0.0667. The van der Waals surface area contributed by atoms with Gasteiger partial charge in [-0.3, -0.25) is 4.79 Å². The summed E-state index contributed by atoms with van der Waals surface area (Å²) in [6.07, 6.45) is 0. The number of carbonyl (C=O) groups excluding carboxylic acids is 1. The van der Waals surface area contributed by atoms with Gasteiger partial charge in [0.1, 0.15) is 0 Å². The first kappa shape index (κ1) is 15.0. The van der Waals surface area contributed by atoms with E-state index in [2.05, 4.69) is 50.5 Å². The van der Waals surface area contributed by atoms with Crippen molar-refractivity contribution in [3.63, 3.8) is 0 Å². The zero-order valence-corrected chi connectivity index (χ0v) is 13.0. The summed E-state index contributed by atoms with van der Waals surface area (Å²) in [4.78, 5) is 12.5. The normalized spacial score (nSPS) is 18.8. The average Bonchev–Trinajstić information content (AvgIpc) is 2.44. The van der Waals surface area contributed by atoms with Crippen LogP contribution in [0.5, 0.6) is 0 Å². The Kier molecular flexibility index (Phi) is 4.48. The SMILES string of the molecule is CC(C)C(C)(C)CNC(=O)C1CNCc2ccccc21. The van der Waals surface area contributed by atoms with Crippen LogP contribution >= 0.6 is 0 Å². The first-order valence-corrected chi connectivity index (χ1v) is 7.48. The summed E-state index contributed by atoms with van der Waals surface area (Å²) in [5.41, 5.74) is 2.53. The molecule has 1 aromatic rings. The highest BCUT2D eigenvalue weighted by Gasteiger charge is 2.28. The standard InChI is InChI=1S/C17H26N2O/c1-12(2)17(3,4)11-19-16(20)15-10-18-9-13-7-5-6-8-14(13)15/h5-8,12,15,18H,9-11H2,1-4H3,(H,19,20). The van der Waals surface area contributed by atoms with Crippen LogP contribution in [0.1, 0.15) is 44.7 Å². The second kappa shape index (κ2) is 5.96. The van der Waals surface area contributed by atoms with Crippen LogP contribution in [-0.4, -0.2) is 19.0 Å². The van der Waals surface area contributed by atoms with Crippen LogP contribution in [0.15, 0.2) is 24.3 Å². The number of nitrogens with one attached hydrogen (secondary N) is 2. The number of hydrogen-bond acceptors (Lipinski definition) is 2. The van der Waals surface area contributed by atoms with Gasteiger partial charge < -0.3 is 10.6 Å². The molecular formula is C17H26N2O. The molecule has 2 N–H and O–H groups in total. The van der Waals surface area contributed by atoms with Crippen LogP contribution in [0.25, 0.3) is 0 Å². The molecule has 2 rings (SSSR count). The van der Waals surface area contributed by atoms with Crippen molar-refractivity contribution < 1.29 is 4.79 Å². The topological polar surface area (TPSA) is 41.1 Å². The van der Waals surface area contributed by atoms with Crippen molar-refractivity contribution in [3.8, 4) is 0 Å². The molecule has 0 spiro atoms. The predicted molar refractivity (Wildman–Crippen MR) is 82.5 cm³/mol. The zero-order chi connectivity index (χ0) is 14.8. The second-order valence-corrected chi connectivity index (χ2v) is 6.74. The van der Waals surface area contributed by atoms with Crippen LogP contribution in [0.4, 0.5) is 0 Å². The molecule has 0 bridgehead atoms. The Morgan fingerprint density at radius 2 is 2.10 bits per heavy atom. The number of amides is 1. The van der Waals surface area contributed by atoms with Gasteiger partial charge in [-0.1, -0.05) is 52.0 Å². The third kappa shape index (κ3) is 3.21. The highest BCUT2D eigenvalue weighted by atomic mass is 16.1. The number of fused-ring (bicyclic) bond motifs is 1. The Morgan fingerprint density at radius 3 is 2.80 bits per heavy atom. The molecule has 1 aromatic carbocycles. The van der Waals surface area contributed by atoms with E-state index in [4.69, 9.17) is 0 Å². The van der Waals surface area contributed by atoms with Gasteiger partial charge >= 0.3 is 0 Å². The van der Waals surface area contributed by atoms with Crippen molar-refractivity contribution in [1.29, 1.82) is 0 Å². The minimum absolute atomic E-state index is 0.0667. The summed E-state index contributed by atoms with van der Waals surface area (Å²) in [6.45, 7) is 11.1. The summed E-state index contributed by atoms with van der Waals surface area (Å²) in [5, 5.41) is 6.47. The van der Waals surface area contributed by atoms with Crippen LogP contribution in [0.3, 0.4) is 0 Å². The highest BCUT2D eigenvalue weighted by Crippen LogP contribution is 2.27. The molecule has 0 aliphatic carbocycles. The molecule has 110 valence electrons. The van der Waals surface area contributed by atoms with E-state index in [9.17, 15) is 4.79 Å². The van der Waals surface area contributed by atoms with Crippen LogP contribution in [-0.2, 0) is 11.3 Å². The van der Waals surface area contributed by atoms with E-state index in [-0.39, 0.29) is 17.2 Å². The molecule has 3 heteroatoms. The van der Waals surface area contributed by atoms with E-state index in [0.29, 0.717) is 5.92 Å². The van der Waals surface area contributed by atoms with Crippen LogP contribution in [0.2, 0.25) is 0 Å². The molecule has 1 atom stereocenters. The van der Waals surface area contributed by atoms with Crippen LogP contribution in [0, 0.1) is 11.3 Å². The molecule has 1 unspecified atom stereocenters. The first-order valence-electron chi connectivity index (χ1n) is 7.48. The largest absolute Gasteiger partial charge is 0.355 e. The maximum absolute atomic E-state index is 12.5. The third-order valence-electron chi connectivity index (χ3n) is 4.69. The van der Waals surface area contributed by atoms with Crippen molar-refractivity contribution in [3.05, 3.63) is 35.4 Å². The molecule has 0 aromatic heterocycles. The lowest BCUT2D eigenvalue weighted by atomic mass is 9.81. The predicted octanol–water partition coefficient (Wildman–Crippen LogP) is 2.67. The van der Waals surface area contributed by atoms with E-state index >= 15 is 0 Å². The van der Waals surface area contributed by atoms with E-state index in [1.807, 2.05) is 12.1 Å². The Balaban J connectivity index is 2.04. The van der Waals surface area contributed by atoms with Crippen molar-refractivity contribution in [2.75, 3.05) is 13.1 Å². The fraction of sp³-hybridized carbons (Fsp3) is 0.588. The maximum atomic E-state index is 12.5. The monoisotopic (exact) mass is 274 g/mol. The van der Waals surface area contributed by atoms with Gasteiger partial charge in [-0.2, -0.15) is 0 Å². The molecule has 1 aliphatic rings. The van der Waals surface area contributed by atoms with Gasteiger partial charge in [-0.05, 0) is 22.5 Å². The lowest BCUT2D eigenvalue weighted by Crippen LogP contribution is -2.43. The molecule has 1 amide bonds. The van der Waals surface area contributed by atoms with Gasteiger partial charge in [0, 0.05) is 19.6 Å². The average molecular weight is 274 g/mol. The van der Waals surface area contributed by atoms with E-state index in [0.717, 1.165) is 19.6 Å². The Morgan fingerprint density at radius 1 is 1.40 bits per heavy atom. The number of rotatable bonds is 4. The molecule has 1 heterocycles. The summed E-state index contributed by atoms with van der Waals surface area (Å²) in [5.74, 6) is 0.612.